The van der Waals surface area contributed by atoms with Crippen LogP contribution in [0.4, 0.5) is 34.1 Å². The molecule has 0 N–H and O–H groups in total. The maximum absolute atomic E-state index is 11.3. The van der Waals surface area contributed by atoms with E-state index in [1.165, 1.54) is 12.1 Å². The minimum atomic E-state index is -0.548. The second kappa shape index (κ2) is 7.58. The van der Waals surface area contributed by atoms with Crippen LogP contribution in [0.5, 0.6) is 0 Å². The number of non-ortho nitro benzene ring substituents is 2. The van der Waals surface area contributed by atoms with Gasteiger partial charge in [-0.15, -0.1) is 0 Å². The first-order valence-corrected chi connectivity index (χ1v) is 11.6. The van der Waals surface area contributed by atoms with Gasteiger partial charge in [0.25, 0.3) is 11.4 Å². The van der Waals surface area contributed by atoms with E-state index in [1.807, 2.05) is 28.2 Å². The van der Waals surface area contributed by atoms with Gasteiger partial charge in [0, 0.05) is 52.5 Å². The summed E-state index contributed by atoms with van der Waals surface area (Å²) >= 11 is 0. The Morgan fingerprint density at radius 2 is 0.861 bits per heavy atom. The van der Waals surface area contributed by atoms with Gasteiger partial charge in [-0.25, -0.2) is 0 Å². The number of rotatable bonds is 4. The van der Waals surface area contributed by atoms with Crippen LogP contribution in [0.2, 0.25) is 0 Å². The van der Waals surface area contributed by atoms with E-state index in [0.717, 1.165) is 33.9 Å². The molecule has 186 valence electrons. The van der Waals surface area contributed by atoms with E-state index in [9.17, 15) is 20.2 Å². The number of anilines is 4. The van der Waals surface area contributed by atoms with E-state index in [4.69, 9.17) is 0 Å². The van der Waals surface area contributed by atoms with E-state index in [-0.39, 0.29) is 21.2 Å². The Kier molecular flexibility index (Phi) is 4.93. The van der Waals surface area contributed by atoms with E-state index in [0.29, 0.717) is 0 Å². The second-order valence-corrected chi connectivity index (χ2v) is 9.72. The van der Waals surface area contributed by atoms with Crippen LogP contribution in [0, 0.1) is 20.2 Å². The number of nitro groups is 2. The lowest BCUT2D eigenvalue weighted by atomic mass is 9.93. The van der Waals surface area contributed by atoms with Gasteiger partial charge in [-0.05, 0) is 37.1 Å². The lowest BCUT2D eigenvalue weighted by molar-refractivity contribution is -0.385. The largest absolute Gasteiger partial charge is 0.347 e. The number of fused-ring (bicyclic) bond motifs is 2. The van der Waals surface area contributed by atoms with Crippen LogP contribution in [0.1, 0.15) is 25.0 Å². The van der Waals surface area contributed by atoms with Gasteiger partial charge in [-0.3, -0.25) is 20.2 Å². The van der Waals surface area contributed by atoms with Crippen molar-refractivity contribution in [3.05, 3.63) is 92.0 Å². The molecule has 10 heteroatoms. The molecule has 3 aromatic rings. The molecule has 2 aliphatic rings. The Bertz CT molecular complexity index is 1300. The molecule has 0 bridgehead atoms. The van der Waals surface area contributed by atoms with Crippen molar-refractivity contribution >= 4 is 34.1 Å². The first-order chi connectivity index (χ1) is 16.9. The zero-order valence-electron chi connectivity index (χ0n) is 21.1. The Morgan fingerprint density at radius 1 is 0.556 bits per heavy atom. The van der Waals surface area contributed by atoms with Gasteiger partial charge < -0.3 is 19.6 Å². The summed E-state index contributed by atoms with van der Waals surface area (Å²) in [5.74, 6) is 0. The summed E-state index contributed by atoms with van der Waals surface area (Å²) in [5, 5.41) is 22.7. The van der Waals surface area contributed by atoms with Crippen LogP contribution in [0.15, 0.2) is 60.7 Å². The summed E-state index contributed by atoms with van der Waals surface area (Å²) in [6, 6.07) is 18.2. The Labute approximate surface area is 209 Å². The van der Waals surface area contributed by atoms with Crippen LogP contribution in [0.25, 0.3) is 0 Å². The average Bonchev–Trinajstić information content (AvgIpc) is 3.20. The highest BCUT2D eigenvalue weighted by atomic mass is 16.6. The summed E-state index contributed by atoms with van der Waals surface area (Å²) in [6.07, 6.45) is 0. The van der Waals surface area contributed by atoms with Gasteiger partial charge in [0.1, 0.15) is 11.3 Å². The number of hydrogen-bond acceptors (Lipinski definition) is 8. The summed E-state index contributed by atoms with van der Waals surface area (Å²) in [5.41, 5.74) is 4.56. The highest BCUT2D eigenvalue weighted by Crippen LogP contribution is 2.51. The molecule has 5 rings (SSSR count). The number of hydrogen-bond donors (Lipinski definition) is 0. The fourth-order valence-corrected chi connectivity index (χ4v) is 5.62. The van der Waals surface area contributed by atoms with E-state index < -0.39 is 11.3 Å². The highest BCUT2D eigenvalue weighted by molar-refractivity contribution is 5.83. The van der Waals surface area contributed by atoms with Crippen LogP contribution in [0.3, 0.4) is 0 Å². The molecule has 0 spiro atoms. The normalized spacial score (nSPS) is 22.6. The fourth-order valence-electron chi connectivity index (χ4n) is 5.62. The predicted molar refractivity (Wildman–Crippen MR) is 141 cm³/mol. The van der Waals surface area contributed by atoms with Crippen molar-refractivity contribution in [2.75, 3.05) is 47.8 Å². The molecule has 36 heavy (non-hydrogen) atoms. The Hall–Kier alpha value is -4.34. The smallest absolute Gasteiger partial charge is 0.271 e. The lowest BCUT2D eigenvalue weighted by Crippen LogP contribution is -2.50. The quantitative estimate of drug-likeness (QED) is 0.373. The Morgan fingerprint density at radius 3 is 1.17 bits per heavy atom. The zero-order valence-corrected chi connectivity index (χ0v) is 21.1. The van der Waals surface area contributed by atoms with E-state index >= 15 is 0 Å². The molecule has 3 aromatic carbocycles. The van der Waals surface area contributed by atoms with Crippen molar-refractivity contribution < 1.29 is 9.85 Å². The van der Waals surface area contributed by atoms with Gasteiger partial charge in [-0.2, -0.15) is 0 Å². The number of nitro benzene ring substituents is 2. The third kappa shape index (κ3) is 2.90. The SMILES string of the molecule is CN1c2ccc([N+](=O)[O-])cc2N(C)[C@@]1(C)c1ccc([C@]2(C)N(C)c3ccc([N+](=O)[O-])cc3N2C)cc1. The molecule has 0 amide bonds. The molecule has 2 atom stereocenters. The molecular formula is C26H28N6O4. The van der Waals surface area contributed by atoms with Gasteiger partial charge in [0.15, 0.2) is 0 Å². The number of benzene rings is 3. The summed E-state index contributed by atoms with van der Waals surface area (Å²) in [7, 11) is 7.88. The molecule has 0 radical (unpaired) electrons. The van der Waals surface area contributed by atoms with Crippen molar-refractivity contribution in [2.24, 2.45) is 0 Å². The summed E-state index contributed by atoms with van der Waals surface area (Å²) in [6.45, 7) is 4.19. The van der Waals surface area contributed by atoms with Crippen LogP contribution < -0.4 is 19.6 Å². The molecule has 0 saturated carbocycles. The number of nitrogens with zero attached hydrogens (tertiary/aromatic N) is 6. The fraction of sp³-hybridized carbons (Fsp3) is 0.308. The summed E-state index contributed by atoms with van der Waals surface area (Å²) < 4.78 is 0. The molecule has 2 heterocycles. The van der Waals surface area contributed by atoms with Gasteiger partial charge in [0.2, 0.25) is 0 Å². The highest BCUT2D eigenvalue weighted by Gasteiger charge is 2.46. The average molecular weight is 489 g/mol. The molecule has 0 fully saturated rings. The molecular weight excluding hydrogens is 460 g/mol. The summed E-state index contributed by atoms with van der Waals surface area (Å²) in [4.78, 5) is 30.3. The molecule has 0 unspecified atom stereocenters. The van der Waals surface area contributed by atoms with Crippen LogP contribution in [-0.4, -0.2) is 38.0 Å². The minimum absolute atomic E-state index is 0.0635. The van der Waals surface area contributed by atoms with E-state index in [1.54, 1.807) is 24.3 Å². The zero-order chi connectivity index (χ0) is 26.2. The maximum Gasteiger partial charge on any atom is 0.271 e. The van der Waals surface area contributed by atoms with Crippen LogP contribution in [-0.2, 0) is 11.3 Å². The first-order valence-electron chi connectivity index (χ1n) is 11.6. The first kappa shape index (κ1) is 23.4. The molecule has 10 nitrogen and oxygen atoms in total. The third-order valence-electron chi connectivity index (χ3n) is 8.38. The predicted octanol–water partition coefficient (Wildman–Crippen LogP) is 5.02. The van der Waals surface area contributed by atoms with Crippen molar-refractivity contribution in [3.8, 4) is 0 Å². The monoisotopic (exact) mass is 488 g/mol. The molecule has 0 saturated heterocycles. The molecule has 0 aliphatic carbocycles. The second-order valence-electron chi connectivity index (χ2n) is 9.72. The lowest BCUT2D eigenvalue weighted by Gasteiger charge is -2.42. The topological polar surface area (TPSA) is 99.2 Å². The van der Waals surface area contributed by atoms with Gasteiger partial charge in [-0.1, -0.05) is 24.3 Å². The maximum atomic E-state index is 11.3. The van der Waals surface area contributed by atoms with Crippen LogP contribution >= 0.6 is 0 Å². The molecule has 0 aromatic heterocycles. The van der Waals surface area contributed by atoms with Crippen molar-refractivity contribution in [3.63, 3.8) is 0 Å². The minimum Gasteiger partial charge on any atom is -0.347 e. The van der Waals surface area contributed by atoms with Crippen molar-refractivity contribution in [1.29, 1.82) is 0 Å². The van der Waals surface area contributed by atoms with Gasteiger partial charge in [0.05, 0.1) is 32.6 Å². The van der Waals surface area contributed by atoms with E-state index in [2.05, 4.69) is 57.7 Å². The third-order valence-corrected chi connectivity index (χ3v) is 8.38. The molecule has 2 aliphatic heterocycles. The van der Waals surface area contributed by atoms with Gasteiger partial charge >= 0.3 is 0 Å². The van der Waals surface area contributed by atoms with Crippen molar-refractivity contribution in [2.45, 2.75) is 25.2 Å². The van der Waals surface area contributed by atoms with Crippen molar-refractivity contribution in [1.82, 2.24) is 0 Å². The Balaban J connectivity index is 1.51. The standard InChI is InChI=1S/C26H28N6O4/c1-25(27(3)21-13-11-19(31(33)34)15-23(21)29(25)5)17-7-9-18(10-8-17)26(2)28(4)22-14-12-20(32(35)36)16-24(22)30(26)6/h7-16H,1-6H3/t25-,26+.